The standard InChI is InChI=1S/C15H28N2O/c1-12(2)16-9-13-7-8-14(18-13)10-17(6)11-15(3,4)5/h7-8,12,16H,9-11H2,1-6H3. The molecule has 0 atom stereocenters. The lowest BCUT2D eigenvalue weighted by atomic mass is 9.96. The summed E-state index contributed by atoms with van der Waals surface area (Å²) < 4.78 is 5.82. The van der Waals surface area contributed by atoms with Crippen molar-refractivity contribution in [2.75, 3.05) is 13.6 Å². The molecule has 0 radical (unpaired) electrons. The molecule has 0 bridgehead atoms. The fourth-order valence-corrected chi connectivity index (χ4v) is 2.04. The number of hydrogen-bond acceptors (Lipinski definition) is 3. The van der Waals surface area contributed by atoms with E-state index in [1.165, 1.54) is 0 Å². The maximum Gasteiger partial charge on any atom is 0.118 e. The lowest BCUT2D eigenvalue weighted by Gasteiger charge is -2.25. The summed E-state index contributed by atoms with van der Waals surface area (Å²) in [5, 5.41) is 3.36. The highest BCUT2D eigenvalue weighted by molar-refractivity contribution is 5.07. The summed E-state index contributed by atoms with van der Waals surface area (Å²) in [6, 6.07) is 4.63. The zero-order valence-corrected chi connectivity index (χ0v) is 12.7. The Bertz CT molecular complexity index is 350. The molecule has 0 saturated carbocycles. The predicted octanol–water partition coefficient (Wildman–Crippen LogP) is 3.26. The minimum absolute atomic E-state index is 0.323. The molecule has 3 heteroatoms. The number of nitrogens with zero attached hydrogens (tertiary/aromatic N) is 1. The van der Waals surface area contributed by atoms with Crippen molar-refractivity contribution >= 4 is 0 Å². The van der Waals surface area contributed by atoms with E-state index in [1.54, 1.807) is 0 Å². The van der Waals surface area contributed by atoms with Crippen molar-refractivity contribution in [2.24, 2.45) is 5.41 Å². The molecule has 0 aliphatic heterocycles. The van der Waals surface area contributed by atoms with Gasteiger partial charge in [0.25, 0.3) is 0 Å². The third-order valence-corrected chi connectivity index (χ3v) is 2.57. The van der Waals surface area contributed by atoms with E-state index in [4.69, 9.17) is 4.42 Å². The summed E-state index contributed by atoms with van der Waals surface area (Å²) in [7, 11) is 2.14. The summed E-state index contributed by atoms with van der Waals surface area (Å²) in [6.45, 7) is 13.8. The lowest BCUT2D eigenvalue weighted by molar-refractivity contribution is 0.206. The fraction of sp³-hybridized carbons (Fsp3) is 0.733. The summed E-state index contributed by atoms with van der Waals surface area (Å²) in [4.78, 5) is 2.30. The number of nitrogens with one attached hydrogen (secondary N) is 1. The van der Waals surface area contributed by atoms with E-state index < -0.39 is 0 Å². The van der Waals surface area contributed by atoms with Gasteiger partial charge in [-0.05, 0) is 24.6 Å². The first-order valence-electron chi connectivity index (χ1n) is 6.76. The molecule has 0 aliphatic carbocycles. The van der Waals surface area contributed by atoms with Gasteiger partial charge in [-0.2, -0.15) is 0 Å². The van der Waals surface area contributed by atoms with Crippen LogP contribution in [0.1, 0.15) is 46.1 Å². The van der Waals surface area contributed by atoms with Crippen molar-refractivity contribution in [3.8, 4) is 0 Å². The molecule has 18 heavy (non-hydrogen) atoms. The van der Waals surface area contributed by atoms with Gasteiger partial charge in [-0.1, -0.05) is 34.6 Å². The average Bonchev–Trinajstić information content (AvgIpc) is 2.59. The van der Waals surface area contributed by atoms with Crippen LogP contribution in [-0.4, -0.2) is 24.5 Å². The Morgan fingerprint density at radius 1 is 1.22 bits per heavy atom. The predicted molar refractivity (Wildman–Crippen MR) is 76.5 cm³/mol. The van der Waals surface area contributed by atoms with E-state index in [2.05, 4.69) is 64.0 Å². The molecule has 1 aromatic rings. The zero-order valence-electron chi connectivity index (χ0n) is 12.7. The van der Waals surface area contributed by atoms with Gasteiger partial charge in [0.2, 0.25) is 0 Å². The summed E-state index contributed by atoms with van der Waals surface area (Å²) in [6.07, 6.45) is 0. The van der Waals surface area contributed by atoms with Crippen LogP contribution in [0.4, 0.5) is 0 Å². The largest absolute Gasteiger partial charge is 0.463 e. The van der Waals surface area contributed by atoms with Crippen molar-refractivity contribution in [2.45, 2.75) is 53.8 Å². The van der Waals surface area contributed by atoms with Gasteiger partial charge in [0, 0.05) is 12.6 Å². The lowest BCUT2D eigenvalue weighted by Crippen LogP contribution is -2.28. The third-order valence-electron chi connectivity index (χ3n) is 2.57. The van der Waals surface area contributed by atoms with Crippen molar-refractivity contribution < 1.29 is 4.42 Å². The van der Waals surface area contributed by atoms with E-state index >= 15 is 0 Å². The molecule has 0 spiro atoms. The van der Waals surface area contributed by atoms with Crippen LogP contribution in [0, 0.1) is 5.41 Å². The molecule has 1 N–H and O–H groups in total. The monoisotopic (exact) mass is 252 g/mol. The third kappa shape index (κ3) is 6.22. The first-order chi connectivity index (χ1) is 8.26. The van der Waals surface area contributed by atoms with Crippen LogP contribution in [0.25, 0.3) is 0 Å². The normalized spacial score (nSPS) is 12.7. The van der Waals surface area contributed by atoms with E-state index in [1.807, 2.05) is 0 Å². The maximum absolute atomic E-state index is 5.82. The quantitative estimate of drug-likeness (QED) is 0.842. The maximum atomic E-state index is 5.82. The molecule has 0 amide bonds. The van der Waals surface area contributed by atoms with E-state index in [0.717, 1.165) is 31.2 Å². The molecular formula is C15H28N2O. The van der Waals surface area contributed by atoms with Gasteiger partial charge in [-0.3, -0.25) is 4.90 Å². The SMILES string of the molecule is CC(C)NCc1ccc(CN(C)CC(C)(C)C)o1. The summed E-state index contributed by atoms with van der Waals surface area (Å²) in [5.41, 5.74) is 0.323. The van der Waals surface area contributed by atoms with Gasteiger partial charge >= 0.3 is 0 Å². The van der Waals surface area contributed by atoms with Crippen molar-refractivity contribution in [1.29, 1.82) is 0 Å². The van der Waals surface area contributed by atoms with Gasteiger partial charge in [0.15, 0.2) is 0 Å². The Kier molecular flexibility index (Phi) is 5.42. The second kappa shape index (κ2) is 6.39. The van der Waals surface area contributed by atoms with Crippen molar-refractivity contribution in [1.82, 2.24) is 10.2 Å². The molecule has 3 nitrogen and oxygen atoms in total. The topological polar surface area (TPSA) is 28.4 Å². The van der Waals surface area contributed by atoms with Crippen LogP contribution < -0.4 is 5.32 Å². The van der Waals surface area contributed by atoms with Crippen LogP contribution >= 0.6 is 0 Å². The first kappa shape index (κ1) is 15.3. The number of furan rings is 1. The zero-order chi connectivity index (χ0) is 13.8. The van der Waals surface area contributed by atoms with Gasteiger partial charge in [-0.15, -0.1) is 0 Å². The van der Waals surface area contributed by atoms with Crippen LogP contribution in [0.2, 0.25) is 0 Å². The molecule has 1 heterocycles. The minimum atomic E-state index is 0.323. The number of rotatable bonds is 6. The van der Waals surface area contributed by atoms with Crippen LogP contribution in [0.5, 0.6) is 0 Å². The molecule has 1 aromatic heterocycles. The van der Waals surface area contributed by atoms with Gasteiger partial charge < -0.3 is 9.73 Å². The Morgan fingerprint density at radius 3 is 2.39 bits per heavy atom. The Labute approximate surface area is 112 Å². The van der Waals surface area contributed by atoms with Gasteiger partial charge in [-0.25, -0.2) is 0 Å². The Hall–Kier alpha value is -0.800. The van der Waals surface area contributed by atoms with Crippen LogP contribution in [-0.2, 0) is 13.1 Å². The number of hydrogen-bond donors (Lipinski definition) is 1. The van der Waals surface area contributed by atoms with Crippen LogP contribution in [0.15, 0.2) is 16.5 Å². The summed E-state index contributed by atoms with van der Waals surface area (Å²) in [5.74, 6) is 2.06. The van der Waals surface area contributed by atoms with Gasteiger partial charge in [0.05, 0.1) is 13.1 Å². The fourth-order valence-electron chi connectivity index (χ4n) is 2.04. The molecule has 0 aliphatic rings. The van der Waals surface area contributed by atoms with Gasteiger partial charge in [0.1, 0.15) is 11.5 Å². The Balaban J connectivity index is 2.43. The van der Waals surface area contributed by atoms with E-state index in [-0.39, 0.29) is 0 Å². The second-order valence-corrected chi connectivity index (χ2v) is 6.64. The minimum Gasteiger partial charge on any atom is -0.463 e. The molecular weight excluding hydrogens is 224 g/mol. The first-order valence-corrected chi connectivity index (χ1v) is 6.76. The van der Waals surface area contributed by atoms with Crippen LogP contribution in [0.3, 0.4) is 0 Å². The molecule has 0 unspecified atom stereocenters. The van der Waals surface area contributed by atoms with E-state index in [9.17, 15) is 0 Å². The highest BCUT2D eigenvalue weighted by Crippen LogP contribution is 2.17. The van der Waals surface area contributed by atoms with E-state index in [0.29, 0.717) is 11.5 Å². The smallest absolute Gasteiger partial charge is 0.118 e. The molecule has 0 fully saturated rings. The molecule has 1 rings (SSSR count). The summed E-state index contributed by atoms with van der Waals surface area (Å²) >= 11 is 0. The molecule has 104 valence electrons. The second-order valence-electron chi connectivity index (χ2n) is 6.64. The van der Waals surface area contributed by atoms with Crippen molar-refractivity contribution in [3.63, 3.8) is 0 Å². The molecule has 0 saturated heterocycles. The molecule has 0 aromatic carbocycles. The Morgan fingerprint density at radius 2 is 1.83 bits per heavy atom. The average molecular weight is 252 g/mol. The highest BCUT2D eigenvalue weighted by atomic mass is 16.3. The van der Waals surface area contributed by atoms with Crippen molar-refractivity contribution in [3.05, 3.63) is 23.7 Å². The highest BCUT2D eigenvalue weighted by Gasteiger charge is 2.14.